The summed E-state index contributed by atoms with van der Waals surface area (Å²) in [6.45, 7) is 11.6. The molecule has 7 nitrogen and oxygen atoms in total. The van der Waals surface area contributed by atoms with Gasteiger partial charge in [0.2, 0.25) is 11.9 Å². The summed E-state index contributed by atoms with van der Waals surface area (Å²) in [7, 11) is 0. The van der Waals surface area contributed by atoms with Gasteiger partial charge < -0.3 is 24.0 Å². The van der Waals surface area contributed by atoms with Crippen LogP contribution in [0.3, 0.4) is 0 Å². The SMILES string of the molecule is CCOCCn1c(N2CCCN(CCC3(Cc4ccc(F)cc4)CCN([C@H](C)c4ccccc4)C3=O)CC2)nc2ccccc21. The summed E-state index contributed by atoms with van der Waals surface area (Å²) < 4.78 is 21.8. The van der Waals surface area contributed by atoms with Crippen LogP contribution in [0.2, 0.25) is 0 Å². The summed E-state index contributed by atoms with van der Waals surface area (Å²) in [5, 5.41) is 0. The molecule has 0 bridgehead atoms. The van der Waals surface area contributed by atoms with Gasteiger partial charge in [0.15, 0.2) is 0 Å². The number of fused-ring (bicyclic) bond motifs is 1. The van der Waals surface area contributed by atoms with Crippen molar-refractivity contribution < 1.29 is 13.9 Å². The monoisotopic (exact) mass is 611 g/mol. The highest BCUT2D eigenvalue weighted by molar-refractivity contribution is 5.85. The number of imidazole rings is 1. The summed E-state index contributed by atoms with van der Waals surface area (Å²) in [6, 6.07) is 25.4. The molecule has 0 aliphatic carbocycles. The van der Waals surface area contributed by atoms with Gasteiger partial charge in [-0.2, -0.15) is 0 Å². The van der Waals surface area contributed by atoms with E-state index in [1.165, 1.54) is 12.1 Å². The van der Waals surface area contributed by atoms with Crippen LogP contribution >= 0.6 is 0 Å². The van der Waals surface area contributed by atoms with Crippen molar-refractivity contribution in [1.29, 1.82) is 0 Å². The maximum Gasteiger partial charge on any atom is 0.229 e. The lowest BCUT2D eigenvalue weighted by Crippen LogP contribution is -2.41. The Labute approximate surface area is 266 Å². The third-order valence-electron chi connectivity index (χ3n) is 9.83. The van der Waals surface area contributed by atoms with Crippen molar-refractivity contribution in [3.8, 4) is 0 Å². The number of para-hydroxylation sites is 2. The lowest BCUT2D eigenvalue weighted by atomic mass is 9.77. The van der Waals surface area contributed by atoms with Crippen LogP contribution < -0.4 is 4.90 Å². The highest BCUT2D eigenvalue weighted by Gasteiger charge is 2.47. The molecule has 2 aliphatic rings. The van der Waals surface area contributed by atoms with E-state index in [9.17, 15) is 9.18 Å². The standard InChI is InChI=1S/C37H46FN5O2/c1-3-45-27-26-43-34-13-8-7-12-33(34)39-36(43)41-21-9-20-40(24-25-41)22-18-37(28-30-14-16-32(38)17-15-30)19-23-42(35(37)44)29(2)31-10-5-4-6-11-31/h4-8,10-17,29H,3,9,18-28H2,1-2H3/t29-,37?/m1/s1. The van der Waals surface area contributed by atoms with Crippen molar-refractivity contribution in [2.75, 3.05) is 57.4 Å². The molecule has 6 rings (SSSR count). The normalized spacial score (nSPS) is 20.2. The third-order valence-corrected chi connectivity index (χ3v) is 9.83. The zero-order valence-electron chi connectivity index (χ0n) is 26.7. The largest absolute Gasteiger partial charge is 0.380 e. The highest BCUT2D eigenvalue weighted by Crippen LogP contribution is 2.42. The summed E-state index contributed by atoms with van der Waals surface area (Å²) in [5.74, 6) is 0.995. The van der Waals surface area contributed by atoms with Crippen molar-refractivity contribution in [2.24, 2.45) is 5.41 Å². The minimum atomic E-state index is -0.500. The van der Waals surface area contributed by atoms with Crippen LogP contribution in [0.25, 0.3) is 11.0 Å². The first-order chi connectivity index (χ1) is 22.0. The lowest BCUT2D eigenvalue weighted by Gasteiger charge is -2.33. The number of nitrogens with zero attached hydrogens (tertiary/aromatic N) is 5. The van der Waals surface area contributed by atoms with Gasteiger partial charge in [-0.1, -0.05) is 54.6 Å². The van der Waals surface area contributed by atoms with Crippen molar-refractivity contribution in [3.05, 3.63) is 95.8 Å². The van der Waals surface area contributed by atoms with Gasteiger partial charge in [-0.3, -0.25) is 4.79 Å². The van der Waals surface area contributed by atoms with Gasteiger partial charge in [0.25, 0.3) is 0 Å². The molecule has 2 aliphatic heterocycles. The summed E-state index contributed by atoms with van der Waals surface area (Å²) in [6.07, 6.45) is 3.26. The molecule has 1 unspecified atom stereocenters. The molecule has 2 atom stereocenters. The van der Waals surface area contributed by atoms with E-state index in [-0.39, 0.29) is 17.8 Å². The fraction of sp³-hybridized carbons (Fsp3) is 0.459. The molecule has 0 spiro atoms. The Morgan fingerprint density at radius 2 is 1.69 bits per heavy atom. The van der Waals surface area contributed by atoms with Gasteiger partial charge in [0.1, 0.15) is 5.82 Å². The first kappa shape index (κ1) is 31.2. The van der Waals surface area contributed by atoms with Crippen LogP contribution in [-0.4, -0.2) is 77.7 Å². The van der Waals surface area contributed by atoms with Gasteiger partial charge in [-0.05, 0) is 88.0 Å². The van der Waals surface area contributed by atoms with Crippen molar-refractivity contribution in [1.82, 2.24) is 19.4 Å². The average Bonchev–Trinajstić information content (AvgIpc) is 3.48. The Morgan fingerprint density at radius 1 is 0.911 bits per heavy atom. The van der Waals surface area contributed by atoms with E-state index in [1.54, 1.807) is 0 Å². The number of likely N-dealkylation sites (tertiary alicyclic amines) is 1. The number of hydrogen-bond acceptors (Lipinski definition) is 5. The molecule has 0 saturated carbocycles. The maximum absolute atomic E-state index is 14.3. The Hall–Kier alpha value is -3.75. The summed E-state index contributed by atoms with van der Waals surface area (Å²) in [5.41, 5.74) is 3.84. The number of halogens is 1. The Morgan fingerprint density at radius 3 is 2.49 bits per heavy atom. The number of hydrogen-bond donors (Lipinski definition) is 0. The van der Waals surface area contributed by atoms with Crippen LogP contribution in [0.15, 0.2) is 78.9 Å². The number of amides is 1. The van der Waals surface area contributed by atoms with Crippen molar-refractivity contribution in [2.45, 2.75) is 52.1 Å². The number of carbonyl (C=O) groups excluding carboxylic acids is 1. The third kappa shape index (κ3) is 6.92. The molecule has 3 heterocycles. The van der Waals surface area contributed by atoms with E-state index < -0.39 is 5.41 Å². The van der Waals surface area contributed by atoms with Gasteiger partial charge >= 0.3 is 0 Å². The maximum atomic E-state index is 14.3. The van der Waals surface area contributed by atoms with Crippen LogP contribution in [0, 0.1) is 11.2 Å². The van der Waals surface area contributed by atoms with Crippen LogP contribution in [0.5, 0.6) is 0 Å². The number of carbonyl (C=O) groups is 1. The molecule has 8 heteroatoms. The Bertz CT molecular complexity index is 1560. The van der Waals surface area contributed by atoms with E-state index in [1.807, 2.05) is 43.3 Å². The van der Waals surface area contributed by atoms with E-state index in [0.29, 0.717) is 19.6 Å². The molecular weight excluding hydrogens is 565 g/mol. The predicted octanol–water partition coefficient (Wildman–Crippen LogP) is 6.34. The summed E-state index contributed by atoms with van der Waals surface area (Å²) in [4.78, 5) is 26.4. The second kappa shape index (κ2) is 14.1. The van der Waals surface area contributed by atoms with E-state index in [2.05, 4.69) is 56.5 Å². The van der Waals surface area contributed by atoms with Gasteiger partial charge in [-0.15, -0.1) is 0 Å². The van der Waals surface area contributed by atoms with Crippen molar-refractivity contribution in [3.63, 3.8) is 0 Å². The van der Waals surface area contributed by atoms with Gasteiger partial charge in [0.05, 0.1) is 29.1 Å². The number of aromatic nitrogens is 2. The molecule has 2 saturated heterocycles. The second-order valence-electron chi connectivity index (χ2n) is 12.6. The molecule has 0 radical (unpaired) electrons. The molecular formula is C37H46FN5O2. The molecule has 1 amide bonds. The van der Waals surface area contributed by atoms with E-state index >= 15 is 0 Å². The molecule has 0 N–H and O–H groups in total. The number of anilines is 1. The van der Waals surface area contributed by atoms with Crippen molar-refractivity contribution >= 4 is 22.9 Å². The van der Waals surface area contributed by atoms with Gasteiger partial charge in [-0.25, -0.2) is 9.37 Å². The number of benzene rings is 3. The Kier molecular flexibility index (Phi) is 9.81. The molecule has 3 aromatic carbocycles. The summed E-state index contributed by atoms with van der Waals surface area (Å²) >= 11 is 0. The van der Waals surface area contributed by atoms with E-state index in [0.717, 1.165) is 93.2 Å². The fourth-order valence-corrected chi connectivity index (χ4v) is 7.20. The molecule has 1 aromatic heterocycles. The van der Waals surface area contributed by atoms with Crippen LogP contribution in [-0.2, 0) is 22.5 Å². The first-order valence-electron chi connectivity index (χ1n) is 16.6. The van der Waals surface area contributed by atoms with Crippen LogP contribution in [0.1, 0.15) is 50.3 Å². The smallest absolute Gasteiger partial charge is 0.229 e. The van der Waals surface area contributed by atoms with Gasteiger partial charge in [0, 0.05) is 39.3 Å². The average molecular weight is 612 g/mol. The Balaban J connectivity index is 1.17. The predicted molar refractivity (Wildman–Crippen MR) is 178 cm³/mol. The lowest BCUT2D eigenvalue weighted by molar-refractivity contribution is -0.138. The molecule has 2 fully saturated rings. The number of rotatable bonds is 12. The zero-order valence-corrected chi connectivity index (χ0v) is 26.7. The second-order valence-corrected chi connectivity index (χ2v) is 12.6. The molecule has 4 aromatic rings. The number of ether oxygens (including phenoxy) is 1. The quantitative estimate of drug-likeness (QED) is 0.175. The minimum absolute atomic E-state index is 0.0162. The zero-order chi connectivity index (χ0) is 31.2. The highest BCUT2D eigenvalue weighted by atomic mass is 19.1. The first-order valence-corrected chi connectivity index (χ1v) is 16.6. The van der Waals surface area contributed by atoms with E-state index in [4.69, 9.17) is 9.72 Å². The molecule has 238 valence electrons. The topological polar surface area (TPSA) is 53.8 Å². The minimum Gasteiger partial charge on any atom is -0.380 e. The van der Waals surface area contributed by atoms with Crippen LogP contribution in [0.4, 0.5) is 10.3 Å². The fourth-order valence-electron chi connectivity index (χ4n) is 7.20. The molecule has 45 heavy (non-hydrogen) atoms.